The van der Waals surface area contributed by atoms with Gasteiger partial charge in [0, 0.05) is 26.2 Å². The zero-order valence-corrected chi connectivity index (χ0v) is 10.3. The van der Waals surface area contributed by atoms with E-state index in [1.807, 2.05) is 23.7 Å². The van der Waals surface area contributed by atoms with Crippen LogP contribution >= 0.6 is 0 Å². The molecule has 1 saturated heterocycles. The summed E-state index contributed by atoms with van der Waals surface area (Å²) < 4.78 is 1.86. The van der Waals surface area contributed by atoms with Gasteiger partial charge < -0.3 is 9.80 Å². The zero-order chi connectivity index (χ0) is 11.8. The molecule has 0 spiro atoms. The average Bonchev–Trinajstić information content (AvgIpc) is 2.69. The number of fused-ring (bicyclic) bond motifs is 1. The molecular weight excluding hydrogens is 214 g/mol. The third kappa shape index (κ3) is 1.98. The lowest BCUT2D eigenvalue weighted by Crippen LogP contribution is -2.44. The van der Waals surface area contributed by atoms with Gasteiger partial charge in [0.05, 0.1) is 11.9 Å². The minimum absolute atomic E-state index is 0.917. The lowest BCUT2D eigenvalue weighted by molar-refractivity contribution is 0.311. The van der Waals surface area contributed by atoms with E-state index in [2.05, 4.69) is 33.0 Å². The molecule has 1 fully saturated rings. The lowest BCUT2D eigenvalue weighted by atomic mass is 10.3. The van der Waals surface area contributed by atoms with Crippen molar-refractivity contribution in [3.8, 4) is 0 Å². The van der Waals surface area contributed by atoms with E-state index in [1.165, 1.54) is 0 Å². The van der Waals surface area contributed by atoms with Gasteiger partial charge in [-0.05, 0) is 26.1 Å². The van der Waals surface area contributed by atoms with Gasteiger partial charge in [0.25, 0.3) is 0 Å². The van der Waals surface area contributed by atoms with Gasteiger partial charge in [0.1, 0.15) is 5.82 Å². The SMILES string of the molecule is Cc1cn2nc(N3CCN(C)CC3)ccc2n1. The topological polar surface area (TPSA) is 36.7 Å². The Kier molecular flexibility index (Phi) is 2.48. The van der Waals surface area contributed by atoms with Gasteiger partial charge in [-0.25, -0.2) is 9.50 Å². The van der Waals surface area contributed by atoms with Crippen molar-refractivity contribution >= 4 is 11.5 Å². The molecule has 0 radical (unpaired) electrons. The Morgan fingerprint density at radius 3 is 2.65 bits per heavy atom. The van der Waals surface area contributed by atoms with Crippen molar-refractivity contribution in [1.29, 1.82) is 0 Å². The van der Waals surface area contributed by atoms with Gasteiger partial charge in [-0.2, -0.15) is 0 Å². The Balaban J connectivity index is 1.89. The molecule has 0 aromatic carbocycles. The van der Waals surface area contributed by atoms with Crippen LogP contribution < -0.4 is 4.90 Å². The molecule has 0 amide bonds. The van der Waals surface area contributed by atoms with Crippen molar-refractivity contribution in [2.45, 2.75) is 6.92 Å². The van der Waals surface area contributed by atoms with Crippen molar-refractivity contribution in [3.63, 3.8) is 0 Å². The number of anilines is 1. The van der Waals surface area contributed by atoms with E-state index < -0.39 is 0 Å². The number of aryl methyl sites for hydroxylation is 1. The standard InChI is InChI=1S/C12H17N5/c1-10-9-17-11(13-10)3-4-12(14-17)16-7-5-15(2)6-8-16/h3-4,9H,5-8H2,1-2H3. The van der Waals surface area contributed by atoms with Crippen LogP contribution in [0.3, 0.4) is 0 Å². The lowest BCUT2D eigenvalue weighted by Gasteiger charge is -2.32. The molecule has 2 aromatic rings. The molecule has 0 unspecified atom stereocenters. The van der Waals surface area contributed by atoms with Gasteiger partial charge >= 0.3 is 0 Å². The Hall–Kier alpha value is -1.62. The van der Waals surface area contributed by atoms with Gasteiger partial charge in [-0.1, -0.05) is 0 Å². The van der Waals surface area contributed by atoms with Crippen LogP contribution in [0.15, 0.2) is 18.3 Å². The van der Waals surface area contributed by atoms with Crippen LogP contribution in [0.25, 0.3) is 5.65 Å². The molecular formula is C12H17N5. The monoisotopic (exact) mass is 231 g/mol. The van der Waals surface area contributed by atoms with Crippen LogP contribution in [0, 0.1) is 6.92 Å². The van der Waals surface area contributed by atoms with Crippen LogP contribution in [0.1, 0.15) is 5.69 Å². The molecule has 0 saturated carbocycles. The van der Waals surface area contributed by atoms with E-state index >= 15 is 0 Å². The molecule has 1 aliphatic rings. The molecule has 3 rings (SSSR count). The van der Waals surface area contributed by atoms with Crippen molar-refractivity contribution in [3.05, 3.63) is 24.0 Å². The van der Waals surface area contributed by atoms with Gasteiger partial charge in [-0.15, -0.1) is 5.10 Å². The minimum Gasteiger partial charge on any atom is -0.353 e. The first-order chi connectivity index (χ1) is 8.22. The maximum absolute atomic E-state index is 4.61. The molecule has 1 aliphatic heterocycles. The molecule has 0 bridgehead atoms. The predicted octanol–water partition coefficient (Wildman–Crippen LogP) is 0.790. The number of likely N-dealkylation sites (N-methyl/N-ethyl adjacent to an activating group) is 1. The van der Waals surface area contributed by atoms with Gasteiger partial charge in [0.2, 0.25) is 0 Å². The van der Waals surface area contributed by atoms with Crippen LogP contribution in [0.2, 0.25) is 0 Å². The highest BCUT2D eigenvalue weighted by Gasteiger charge is 2.15. The average molecular weight is 231 g/mol. The Morgan fingerprint density at radius 1 is 1.12 bits per heavy atom. The van der Waals surface area contributed by atoms with E-state index in [0.29, 0.717) is 0 Å². The second-order valence-corrected chi connectivity index (χ2v) is 4.67. The van der Waals surface area contributed by atoms with E-state index in [4.69, 9.17) is 0 Å². The maximum Gasteiger partial charge on any atom is 0.153 e. The summed E-state index contributed by atoms with van der Waals surface area (Å²) in [5.41, 5.74) is 1.92. The number of hydrogen-bond acceptors (Lipinski definition) is 4. The second kappa shape index (κ2) is 4.00. The van der Waals surface area contributed by atoms with Crippen LogP contribution in [0.4, 0.5) is 5.82 Å². The minimum atomic E-state index is 0.917. The first-order valence-electron chi connectivity index (χ1n) is 5.99. The van der Waals surface area contributed by atoms with Crippen LogP contribution in [-0.4, -0.2) is 52.7 Å². The number of aromatic nitrogens is 3. The quantitative estimate of drug-likeness (QED) is 0.727. The normalized spacial score (nSPS) is 17.9. The van der Waals surface area contributed by atoms with E-state index in [1.54, 1.807) is 0 Å². The third-order valence-electron chi connectivity index (χ3n) is 3.25. The largest absolute Gasteiger partial charge is 0.353 e. The fourth-order valence-corrected chi connectivity index (χ4v) is 2.19. The first-order valence-corrected chi connectivity index (χ1v) is 5.99. The fraction of sp³-hybridized carbons (Fsp3) is 0.500. The molecule has 90 valence electrons. The molecule has 5 nitrogen and oxygen atoms in total. The van der Waals surface area contributed by atoms with Crippen molar-refractivity contribution < 1.29 is 0 Å². The van der Waals surface area contributed by atoms with Crippen molar-refractivity contribution in [2.75, 3.05) is 38.1 Å². The predicted molar refractivity (Wildman–Crippen MR) is 67.4 cm³/mol. The first kappa shape index (κ1) is 10.5. The van der Waals surface area contributed by atoms with Crippen LogP contribution in [-0.2, 0) is 0 Å². The number of imidazole rings is 1. The molecule has 0 aliphatic carbocycles. The van der Waals surface area contributed by atoms with Gasteiger partial charge in [-0.3, -0.25) is 0 Å². The second-order valence-electron chi connectivity index (χ2n) is 4.67. The summed E-state index contributed by atoms with van der Waals surface area (Å²) in [6, 6.07) is 4.10. The number of rotatable bonds is 1. The Morgan fingerprint density at radius 2 is 1.88 bits per heavy atom. The van der Waals surface area contributed by atoms with Crippen molar-refractivity contribution in [1.82, 2.24) is 19.5 Å². The highest BCUT2D eigenvalue weighted by molar-refractivity contribution is 5.46. The smallest absolute Gasteiger partial charge is 0.153 e. The van der Waals surface area contributed by atoms with Gasteiger partial charge in [0.15, 0.2) is 5.65 Å². The third-order valence-corrected chi connectivity index (χ3v) is 3.25. The number of piperazine rings is 1. The Labute approximate surface area is 101 Å². The number of hydrogen-bond donors (Lipinski definition) is 0. The van der Waals surface area contributed by atoms with Crippen molar-refractivity contribution in [2.24, 2.45) is 0 Å². The van der Waals surface area contributed by atoms with E-state index in [-0.39, 0.29) is 0 Å². The summed E-state index contributed by atoms with van der Waals surface area (Å²) in [7, 11) is 2.16. The summed E-state index contributed by atoms with van der Waals surface area (Å²) in [5.74, 6) is 1.04. The highest BCUT2D eigenvalue weighted by Crippen LogP contribution is 2.14. The summed E-state index contributed by atoms with van der Waals surface area (Å²) in [6.07, 6.45) is 1.97. The summed E-state index contributed by atoms with van der Waals surface area (Å²) in [6.45, 7) is 6.28. The molecule has 0 atom stereocenters. The molecule has 5 heteroatoms. The Bertz CT molecular complexity index is 525. The van der Waals surface area contributed by atoms with E-state index in [0.717, 1.165) is 43.3 Å². The fourth-order valence-electron chi connectivity index (χ4n) is 2.19. The van der Waals surface area contributed by atoms with E-state index in [9.17, 15) is 0 Å². The molecule has 3 heterocycles. The summed E-state index contributed by atoms with van der Waals surface area (Å²) in [4.78, 5) is 9.06. The van der Waals surface area contributed by atoms with Crippen LogP contribution in [0.5, 0.6) is 0 Å². The highest BCUT2D eigenvalue weighted by atomic mass is 15.3. The summed E-state index contributed by atoms with van der Waals surface area (Å²) in [5, 5.41) is 4.61. The molecule has 0 N–H and O–H groups in total. The number of nitrogens with zero attached hydrogens (tertiary/aromatic N) is 5. The zero-order valence-electron chi connectivity index (χ0n) is 10.3. The molecule has 17 heavy (non-hydrogen) atoms. The maximum atomic E-state index is 4.61. The summed E-state index contributed by atoms with van der Waals surface area (Å²) >= 11 is 0. The molecule has 2 aromatic heterocycles.